The third-order valence-electron chi connectivity index (χ3n) is 1.99. The number of carbonyl (C=O) groups is 1. The minimum absolute atomic E-state index is 0.170. The van der Waals surface area contributed by atoms with Gasteiger partial charge in [-0.2, -0.15) is 0 Å². The molecule has 0 saturated heterocycles. The Morgan fingerprint density at radius 2 is 2.27 bits per heavy atom. The Bertz CT molecular complexity index is 361. The molecule has 0 aromatic carbocycles. The lowest BCUT2D eigenvalue weighted by molar-refractivity contribution is 0.0693. The third kappa shape index (κ3) is 2.94. The summed E-state index contributed by atoms with van der Waals surface area (Å²) >= 11 is 0. The third-order valence-corrected chi connectivity index (χ3v) is 1.99. The van der Waals surface area contributed by atoms with Gasteiger partial charge in [-0.25, -0.2) is 4.79 Å². The topological polar surface area (TPSA) is 59.4 Å². The Morgan fingerprint density at radius 1 is 1.60 bits per heavy atom. The monoisotopic (exact) mass is 209 g/mol. The van der Waals surface area contributed by atoms with Crippen LogP contribution in [0.15, 0.2) is 12.3 Å². The predicted molar refractivity (Wildman–Crippen MR) is 56.3 cm³/mol. The lowest BCUT2D eigenvalue weighted by Crippen LogP contribution is -2.05. The minimum atomic E-state index is -0.987. The fourth-order valence-corrected chi connectivity index (χ4v) is 1.35. The van der Waals surface area contributed by atoms with Gasteiger partial charge in [0.25, 0.3) is 0 Å². The molecule has 4 heteroatoms. The van der Waals surface area contributed by atoms with Gasteiger partial charge >= 0.3 is 5.97 Å². The maximum atomic E-state index is 10.9. The molecule has 15 heavy (non-hydrogen) atoms. The van der Waals surface area contributed by atoms with Crippen molar-refractivity contribution in [2.45, 2.75) is 20.3 Å². The second-order valence-corrected chi connectivity index (χ2v) is 3.78. The predicted octanol–water partition coefficient (Wildman–Crippen LogP) is 1.99. The van der Waals surface area contributed by atoms with E-state index in [2.05, 4.69) is 18.8 Å². The van der Waals surface area contributed by atoms with Crippen LogP contribution in [-0.4, -0.2) is 23.2 Å². The molecule has 0 unspecified atom stereocenters. The molecule has 1 rings (SSSR count). The standard InChI is InChI=1S/C11H15NO3/c1-7(2)4-8-5-9(11(13)14)10(15-3)6-12-8/h5-7H,4H2,1-3H3,(H,13,14). The molecule has 4 nitrogen and oxygen atoms in total. The SMILES string of the molecule is COc1cnc(CC(C)C)cc1C(=O)O. The van der Waals surface area contributed by atoms with Crippen LogP contribution in [0.1, 0.15) is 29.9 Å². The number of ether oxygens (including phenoxy) is 1. The molecule has 1 aromatic heterocycles. The molecule has 0 aliphatic carbocycles. The molecule has 1 N–H and O–H groups in total. The average molecular weight is 209 g/mol. The number of carboxylic acids is 1. The maximum Gasteiger partial charge on any atom is 0.339 e. The van der Waals surface area contributed by atoms with Gasteiger partial charge in [-0.15, -0.1) is 0 Å². The summed E-state index contributed by atoms with van der Waals surface area (Å²) in [5.74, 6) is -0.234. The Labute approximate surface area is 88.9 Å². The highest BCUT2D eigenvalue weighted by atomic mass is 16.5. The highest BCUT2D eigenvalue weighted by Crippen LogP contribution is 2.18. The maximum absolute atomic E-state index is 10.9. The molecule has 0 saturated carbocycles. The van der Waals surface area contributed by atoms with Crippen molar-refractivity contribution in [1.82, 2.24) is 4.98 Å². The van der Waals surface area contributed by atoms with E-state index in [0.717, 1.165) is 12.1 Å². The number of hydrogen-bond donors (Lipinski definition) is 1. The quantitative estimate of drug-likeness (QED) is 0.823. The van der Waals surface area contributed by atoms with Gasteiger partial charge in [-0.05, 0) is 18.4 Å². The van der Waals surface area contributed by atoms with Gasteiger partial charge in [0.1, 0.15) is 5.56 Å². The summed E-state index contributed by atoms with van der Waals surface area (Å²) in [7, 11) is 1.44. The molecule has 0 fully saturated rings. The lowest BCUT2D eigenvalue weighted by Gasteiger charge is -2.08. The molecule has 0 spiro atoms. The molecule has 0 bridgehead atoms. The molecule has 0 amide bonds. The number of aromatic carboxylic acids is 1. The Kier molecular flexibility index (Phi) is 3.66. The largest absolute Gasteiger partial charge is 0.494 e. The van der Waals surface area contributed by atoms with E-state index in [-0.39, 0.29) is 5.56 Å². The van der Waals surface area contributed by atoms with Crippen LogP contribution in [-0.2, 0) is 6.42 Å². The van der Waals surface area contributed by atoms with E-state index < -0.39 is 5.97 Å². The van der Waals surface area contributed by atoms with Crippen molar-refractivity contribution in [3.8, 4) is 5.75 Å². The van der Waals surface area contributed by atoms with E-state index in [4.69, 9.17) is 9.84 Å². The van der Waals surface area contributed by atoms with E-state index in [0.29, 0.717) is 11.7 Å². The highest BCUT2D eigenvalue weighted by Gasteiger charge is 2.12. The fraction of sp³-hybridized carbons (Fsp3) is 0.455. The van der Waals surface area contributed by atoms with Gasteiger partial charge in [-0.1, -0.05) is 13.8 Å². The van der Waals surface area contributed by atoms with Gasteiger partial charge in [-0.3, -0.25) is 4.98 Å². The number of nitrogens with zero attached hydrogens (tertiary/aromatic N) is 1. The van der Waals surface area contributed by atoms with Crippen LogP contribution in [0.3, 0.4) is 0 Å². The van der Waals surface area contributed by atoms with Crippen LogP contribution in [0, 0.1) is 5.92 Å². The number of hydrogen-bond acceptors (Lipinski definition) is 3. The first-order valence-electron chi connectivity index (χ1n) is 4.80. The van der Waals surface area contributed by atoms with E-state index in [1.54, 1.807) is 6.07 Å². The van der Waals surface area contributed by atoms with Crippen molar-refractivity contribution in [3.05, 3.63) is 23.5 Å². The van der Waals surface area contributed by atoms with Crippen molar-refractivity contribution in [2.24, 2.45) is 5.92 Å². The molecule has 0 radical (unpaired) electrons. The Morgan fingerprint density at radius 3 is 2.73 bits per heavy atom. The van der Waals surface area contributed by atoms with Crippen molar-refractivity contribution in [1.29, 1.82) is 0 Å². The fourth-order valence-electron chi connectivity index (χ4n) is 1.35. The normalized spacial score (nSPS) is 10.4. The van der Waals surface area contributed by atoms with Crippen LogP contribution in [0.25, 0.3) is 0 Å². The van der Waals surface area contributed by atoms with Crippen LogP contribution in [0.5, 0.6) is 5.75 Å². The van der Waals surface area contributed by atoms with E-state index in [1.807, 2.05) is 0 Å². The molecule has 0 aliphatic rings. The van der Waals surface area contributed by atoms with Crippen LogP contribution in [0.4, 0.5) is 0 Å². The van der Waals surface area contributed by atoms with Gasteiger partial charge < -0.3 is 9.84 Å². The molecule has 1 heterocycles. The number of rotatable bonds is 4. The van der Waals surface area contributed by atoms with Gasteiger partial charge in [0, 0.05) is 5.69 Å². The molecular weight excluding hydrogens is 194 g/mol. The molecule has 0 atom stereocenters. The van der Waals surface area contributed by atoms with Gasteiger partial charge in [0.2, 0.25) is 0 Å². The summed E-state index contributed by atoms with van der Waals surface area (Å²) in [5, 5.41) is 8.95. The Hall–Kier alpha value is -1.58. The average Bonchev–Trinajstić information content (AvgIpc) is 2.16. The van der Waals surface area contributed by atoms with Crippen molar-refractivity contribution >= 4 is 5.97 Å². The first-order chi connectivity index (χ1) is 7.04. The van der Waals surface area contributed by atoms with E-state index in [9.17, 15) is 4.79 Å². The summed E-state index contributed by atoms with van der Waals surface area (Å²) in [5.41, 5.74) is 0.950. The highest BCUT2D eigenvalue weighted by molar-refractivity contribution is 5.90. The van der Waals surface area contributed by atoms with E-state index in [1.165, 1.54) is 13.3 Å². The zero-order chi connectivity index (χ0) is 11.4. The van der Waals surface area contributed by atoms with Crippen molar-refractivity contribution < 1.29 is 14.6 Å². The summed E-state index contributed by atoms with van der Waals surface area (Å²) in [4.78, 5) is 15.1. The Balaban J connectivity index is 3.05. The van der Waals surface area contributed by atoms with Crippen LogP contribution < -0.4 is 4.74 Å². The second-order valence-electron chi connectivity index (χ2n) is 3.78. The second kappa shape index (κ2) is 4.77. The van der Waals surface area contributed by atoms with Crippen molar-refractivity contribution in [3.63, 3.8) is 0 Å². The van der Waals surface area contributed by atoms with Gasteiger partial charge in [0.05, 0.1) is 13.3 Å². The summed E-state index contributed by atoms with van der Waals surface area (Å²) < 4.78 is 4.92. The van der Waals surface area contributed by atoms with Gasteiger partial charge in [0.15, 0.2) is 5.75 Å². The first-order valence-corrected chi connectivity index (χ1v) is 4.80. The van der Waals surface area contributed by atoms with Crippen LogP contribution in [0.2, 0.25) is 0 Å². The van der Waals surface area contributed by atoms with Crippen LogP contribution >= 0.6 is 0 Å². The molecule has 1 aromatic rings. The molecular formula is C11H15NO3. The number of pyridine rings is 1. The lowest BCUT2D eigenvalue weighted by atomic mass is 10.1. The first kappa shape index (κ1) is 11.5. The van der Waals surface area contributed by atoms with E-state index >= 15 is 0 Å². The zero-order valence-corrected chi connectivity index (χ0v) is 9.15. The van der Waals surface area contributed by atoms with Crippen molar-refractivity contribution in [2.75, 3.05) is 7.11 Å². The number of carboxylic acid groups (broad SMARTS) is 1. The smallest absolute Gasteiger partial charge is 0.339 e. The summed E-state index contributed by atoms with van der Waals surface area (Å²) in [6.07, 6.45) is 2.23. The minimum Gasteiger partial charge on any atom is -0.494 e. The summed E-state index contributed by atoms with van der Waals surface area (Å²) in [6.45, 7) is 4.12. The molecule has 82 valence electrons. The number of aromatic nitrogens is 1. The summed E-state index contributed by atoms with van der Waals surface area (Å²) in [6, 6.07) is 1.57. The number of methoxy groups -OCH3 is 1. The zero-order valence-electron chi connectivity index (χ0n) is 9.15. The molecule has 0 aliphatic heterocycles.